The van der Waals surface area contributed by atoms with Crippen LogP contribution in [0, 0.1) is 6.92 Å². The second-order valence-electron chi connectivity index (χ2n) is 7.06. The topological polar surface area (TPSA) is 73.0 Å². The minimum Gasteiger partial charge on any atom is -0.337 e. The van der Waals surface area contributed by atoms with E-state index in [1.165, 1.54) is 0 Å². The summed E-state index contributed by atoms with van der Waals surface area (Å²) in [6.45, 7) is 4.17. The van der Waals surface area contributed by atoms with Crippen molar-refractivity contribution in [1.29, 1.82) is 0 Å². The molecule has 0 aliphatic carbocycles. The number of carbonyl (C=O) groups is 1. The van der Waals surface area contributed by atoms with Crippen LogP contribution in [0.5, 0.6) is 0 Å². The fourth-order valence-corrected chi connectivity index (χ4v) is 4.15. The van der Waals surface area contributed by atoms with Crippen molar-refractivity contribution in [2.45, 2.75) is 45.1 Å². The molecule has 4 rings (SSSR count). The van der Waals surface area contributed by atoms with Gasteiger partial charge in [0.25, 0.3) is 11.5 Å². The third-order valence-corrected chi connectivity index (χ3v) is 5.35. The molecule has 0 bridgehead atoms. The quantitative estimate of drug-likeness (QED) is 0.824. The Balaban J connectivity index is 1.64. The summed E-state index contributed by atoms with van der Waals surface area (Å²) in [4.78, 5) is 31.1. The zero-order valence-electron chi connectivity index (χ0n) is 14.7. The normalized spacial score (nSPS) is 19.9. The van der Waals surface area contributed by atoms with E-state index >= 15 is 0 Å². The van der Waals surface area contributed by atoms with E-state index in [0.717, 1.165) is 55.9 Å². The van der Waals surface area contributed by atoms with Crippen LogP contribution in [0.3, 0.4) is 0 Å². The van der Waals surface area contributed by atoms with Crippen LogP contribution in [0.25, 0.3) is 0 Å². The van der Waals surface area contributed by atoms with E-state index in [0.29, 0.717) is 12.2 Å². The maximum atomic E-state index is 12.7. The van der Waals surface area contributed by atoms with Crippen LogP contribution in [0.2, 0.25) is 0 Å². The molecule has 0 N–H and O–H groups in total. The largest absolute Gasteiger partial charge is 0.337 e. The lowest BCUT2D eigenvalue weighted by Crippen LogP contribution is -2.40. The fourth-order valence-electron chi connectivity index (χ4n) is 4.15. The summed E-state index contributed by atoms with van der Waals surface area (Å²) in [5.74, 6) is 1.06. The molecule has 1 saturated heterocycles. The Hall–Kier alpha value is -2.44. The molecule has 4 heterocycles. The van der Waals surface area contributed by atoms with Gasteiger partial charge in [0.2, 0.25) is 0 Å². The minimum absolute atomic E-state index is 0.0269. The molecule has 2 aliphatic heterocycles. The molecule has 1 fully saturated rings. The summed E-state index contributed by atoms with van der Waals surface area (Å²) in [5.41, 5.74) is 2.20. The van der Waals surface area contributed by atoms with Crippen molar-refractivity contribution < 1.29 is 4.79 Å². The first-order valence-corrected chi connectivity index (χ1v) is 8.93. The highest BCUT2D eigenvalue weighted by Gasteiger charge is 2.31. The summed E-state index contributed by atoms with van der Waals surface area (Å²) >= 11 is 0. The summed E-state index contributed by atoms with van der Waals surface area (Å²) in [7, 11) is 1.81. The van der Waals surface area contributed by atoms with Crippen LogP contribution in [0.1, 0.15) is 52.8 Å². The summed E-state index contributed by atoms with van der Waals surface area (Å²) in [6.07, 6.45) is 5.62. The molecule has 1 atom stereocenters. The van der Waals surface area contributed by atoms with Crippen LogP contribution < -0.4 is 5.56 Å². The number of aryl methyl sites for hydroxylation is 2. The number of aromatic nitrogens is 4. The second-order valence-corrected chi connectivity index (χ2v) is 7.06. The van der Waals surface area contributed by atoms with Gasteiger partial charge in [0.1, 0.15) is 11.5 Å². The van der Waals surface area contributed by atoms with Gasteiger partial charge in [-0.1, -0.05) is 0 Å². The molecule has 0 unspecified atom stereocenters. The van der Waals surface area contributed by atoms with Crippen molar-refractivity contribution in [1.82, 2.24) is 24.2 Å². The van der Waals surface area contributed by atoms with Crippen molar-refractivity contribution in [2.24, 2.45) is 7.05 Å². The lowest BCUT2D eigenvalue weighted by Gasteiger charge is -2.34. The zero-order chi connectivity index (χ0) is 17.6. The number of hydrogen-bond acceptors (Lipinski definition) is 4. The zero-order valence-corrected chi connectivity index (χ0v) is 14.7. The lowest BCUT2D eigenvalue weighted by molar-refractivity contribution is 0.0697. The van der Waals surface area contributed by atoms with E-state index in [2.05, 4.69) is 14.6 Å². The molecule has 2 aromatic heterocycles. The molecule has 132 valence electrons. The van der Waals surface area contributed by atoms with Crippen LogP contribution >= 0.6 is 0 Å². The predicted molar refractivity (Wildman–Crippen MR) is 92.6 cm³/mol. The van der Waals surface area contributed by atoms with E-state index in [4.69, 9.17) is 0 Å². The van der Waals surface area contributed by atoms with Gasteiger partial charge in [-0.05, 0) is 32.3 Å². The molecule has 7 heteroatoms. The Morgan fingerprint density at radius 2 is 2.12 bits per heavy atom. The molecule has 0 aromatic carbocycles. The predicted octanol–water partition coefficient (Wildman–Crippen LogP) is 1.25. The molecule has 2 aliphatic rings. The Kier molecular flexibility index (Phi) is 3.94. The van der Waals surface area contributed by atoms with E-state index in [9.17, 15) is 9.59 Å². The van der Waals surface area contributed by atoms with Gasteiger partial charge in [0, 0.05) is 56.5 Å². The SMILES string of the molecule is Cc1c([C@@H]2CCCN(C(=O)c3ccn(C)n3)C2)n2c(nc1=O)CCC2. The van der Waals surface area contributed by atoms with E-state index in [1.54, 1.807) is 16.9 Å². The summed E-state index contributed by atoms with van der Waals surface area (Å²) < 4.78 is 3.87. The van der Waals surface area contributed by atoms with Crippen LogP contribution in [0.15, 0.2) is 17.1 Å². The number of hydrogen-bond donors (Lipinski definition) is 0. The highest BCUT2D eigenvalue weighted by Crippen LogP contribution is 2.31. The molecule has 2 aromatic rings. The first-order chi connectivity index (χ1) is 12.0. The Morgan fingerprint density at radius 1 is 1.28 bits per heavy atom. The standard InChI is InChI=1S/C18H23N5O2/c1-12-16(23-9-4-6-15(23)19-17(12)24)13-5-3-8-22(11-13)18(25)14-7-10-21(2)20-14/h7,10,13H,3-6,8-9,11H2,1-2H3/t13-/m1/s1. The molecule has 0 spiro atoms. The number of amides is 1. The summed E-state index contributed by atoms with van der Waals surface area (Å²) in [5, 5.41) is 4.23. The van der Waals surface area contributed by atoms with Crippen molar-refractivity contribution in [2.75, 3.05) is 13.1 Å². The van der Waals surface area contributed by atoms with Gasteiger partial charge in [-0.3, -0.25) is 14.3 Å². The van der Waals surface area contributed by atoms with Crippen LogP contribution in [0.4, 0.5) is 0 Å². The molecule has 1 amide bonds. The third kappa shape index (κ3) is 2.77. The van der Waals surface area contributed by atoms with Crippen molar-refractivity contribution in [3.05, 3.63) is 45.4 Å². The number of carbonyl (C=O) groups excluding carboxylic acids is 1. The average molecular weight is 341 g/mol. The minimum atomic E-state index is -0.115. The Bertz CT molecular complexity index is 882. The van der Waals surface area contributed by atoms with Crippen LogP contribution in [-0.4, -0.2) is 43.2 Å². The molecular formula is C18H23N5O2. The van der Waals surface area contributed by atoms with Crippen molar-refractivity contribution in [3.8, 4) is 0 Å². The van der Waals surface area contributed by atoms with Gasteiger partial charge < -0.3 is 9.47 Å². The molecular weight excluding hydrogens is 318 g/mol. The molecule has 25 heavy (non-hydrogen) atoms. The number of piperidine rings is 1. The second kappa shape index (κ2) is 6.13. The summed E-state index contributed by atoms with van der Waals surface area (Å²) in [6, 6.07) is 1.76. The number of rotatable bonds is 2. The van der Waals surface area contributed by atoms with Gasteiger partial charge in [-0.15, -0.1) is 0 Å². The van der Waals surface area contributed by atoms with E-state index in [-0.39, 0.29) is 17.4 Å². The van der Waals surface area contributed by atoms with Gasteiger partial charge in [0.15, 0.2) is 0 Å². The van der Waals surface area contributed by atoms with Crippen LogP contribution in [-0.2, 0) is 20.0 Å². The molecule has 7 nitrogen and oxygen atoms in total. The molecule has 0 saturated carbocycles. The van der Waals surface area contributed by atoms with Crippen molar-refractivity contribution in [3.63, 3.8) is 0 Å². The van der Waals surface area contributed by atoms with Gasteiger partial charge in [-0.2, -0.15) is 10.1 Å². The average Bonchev–Trinajstić information content (AvgIpc) is 3.24. The Labute approximate surface area is 146 Å². The third-order valence-electron chi connectivity index (χ3n) is 5.35. The van der Waals surface area contributed by atoms with Gasteiger partial charge in [-0.25, -0.2) is 0 Å². The van der Waals surface area contributed by atoms with E-state index in [1.807, 2.05) is 18.9 Å². The molecule has 0 radical (unpaired) electrons. The van der Waals surface area contributed by atoms with Gasteiger partial charge in [0.05, 0.1) is 0 Å². The smallest absolute Gasteiger partial charge is 0.276 e. The van der Waals surface area contributed by atoms with Gasteiger partial charge >= 0.3 is 0 Å². The number of nitrogens with zero attached hydrogens (tertiary/aromatic N) is 5. The lowest BCUT2D eigenvalue weighted by atomic mass is 9.91. The fraction of sp³-hybridized carbons (Fsp3) is 0.556. The maximum Gasteiger partial charge on any atom is 0.276 e. The number of fused-ring (bicyclic) bond motifs is 1. The monoisotopic (exact) mass is 341 g/mol. The maximum absolute atomic E-state index is 12.7. The first-order valence-electron chi connectivity index (χ1n) is 8.93. The first kappa shape index (κ1) is 16.1. The van der Waals surface area contributed by atoms with E-state index < -0.39 is 0 Å². The highest BCUT2D eigenvalue weighted by atomic mass is 16.2. The Morgan fingerprint density at radius 3 is 2.88 bits per heavy atom. The van der Waals surface area contributed by atoms with Crippen molar-refractivity contribution >= 4 is 5.91 Å². The highest BCUT2D eigenvalue weighted by molar-refractivity contribution is 5.92. The number of likely N-dealkylation sites (tertiary alicyclic amines) is 1.